The van der Waals surface area contributed by atoms with Crippen molar-refractivity contribution < 1.29 is 15.0 Å². The van der Waals surface area contributed by atoms with Gasteiger partial charge in [0.25, 0.3) is 0 Å². The van der Waals surface area contributed by atoms with E-state index >= 15 is 0 Å². The fraction of sp³-hybridized carbons (Fsp3) is 0.348. The second kappa shape index (κ2) is 9.98. The zero-order valence-electron chi connectivity index (χ0n) is 16.7. The minimum Gasteiger partial charge on any atom is -0.478 e. The molecule has 0 bridgehead atoms. The van der Waals surface area contributed by atoms with Gasteiger partial charge in [-0.3, -0.25) is 4.98 Å². The molecule has 6 heteroatoms. The first-order valence-corrected chi connectivity index (χ1v) is 9.95. The van der Waals surface area contributed by atoms with Gasteiger partial charge < -0.3 is 14.8 Å². The van der Waals surface area contributed by atoms with E-state index in [1.54, 1.807) is 6.07 Å². The summed E-state index contributed by atoms with van der Waals surface area (Å²) in [5.41, 5.74) is 3.74. The molecular formula is C23H27N3O3. The molecule has 3 rings (SSSR count). The van der Waals surface area contributed by atoms with Crippen LogP contribution in [-0.2, 0) is 32.4 Å². The molecule has 152 valence electrons. The topological polar surface area (TPSA) is 88.2 Å². The lowest BCUT2D eigenvalue weighted by Crippen LogP contribution is -2.08. The van der Waals surface area contributed by atoms with Gasteiger partial charge in [0.2, 0.25) is 0 Å². The van der Waals surface area contributed by atoms with Crippen LogP contribution >= 0.6 is 0 Å². The Bertz CT molecular complexity index is 951. The number of carboxylic acid groups (broad SMARTS) is 1. The average Bonchev–Trinajstić information content (AvgIpc) is 3.08. The lowest BCUT2D eigenvalue weighted by Gasteiger charge is -2.11. The highest BCUT2D eigenvalue weighted by Gasteiger charge is 2.10. The van der Waals surface area contributed by atoms with Crippen LogP contribution in [-0.4, -0.2) is 30.7 Å². The molecule has 2 aromatic heterocycles. The van der Waals surface area contributed by atoms with Gasteiger partial charge in [-0.15, -0.1) is 0 Å². The van der Waals surface area contributed by atoms with Gasteiger partial charge >= 0.3 is 5.97 Å². The third kappa shape index (κ3) is 5.74. The lowest BCUT2D eigenvalue weighted by molar-refractivity contribution is 0.0696. The SMILES string of the molecule is Cc1cnc(CCCc2cc(C(=O)O)cc(CO)n2)n1CCCc1ccccc1. The van der Waals surface area contributed by atoms with Crippen molar-refractivity contribution >= 4 is 5.97 Å². The summed E-state index contributed by atoms with van der Waals surface area (Å²) < 4.78 is 2.27. The van der Waals surface area contributed by atoms with E-state index in [4.69, 9.17) is 0 Å². The summed E-state index contributed by atoms with van der Waals surface area (Å²) in [6, 6.07) is 13.5. The summed E-state index contributed by atoms with van der Waals surface area (Å²) in [5.74, 6) is 0.0419. The Morgan fingerprint density at radius 3 is 2.52 bits per heavy atom. The molecule has 29 heavy (non-hydrogen) atoms. The number of carbonyl (C=O) groups is 1. The number of hydrogen-bond donors (Lipinski definition) is 2. The maximum absolute atomic E-state index is 11.2. The molecule has 0 aliphatic carbocycles. The van der Waals surface area contributed by atoms with Crippen LogP contribution in [0.1, 0.15) is 51.7 Å². The van der Waals surface area contributed by atoms with E-state index in [9.17, 15) is 15.0 Å². The molecule has 0 atom stereocenters. The fourth-order valence-electron chi connectivity index (χ4n) is 3.51. The smallest absolute Gasteiger partial charge is 0.335 e. The molecule has 0 spiro atoms. The van der Waals surface area contributed by atoms with Gasteiger partial charge in [0.05, 0.1) is 17.9 Å². The van der Waals surface area contributed by atoms with Crippen molar-refractivity contribution in [3.05, 3.63) is 82.7 Å². The number of imidazole rings is 1. The minimum atomic E-state index is -1.01. The van der Waals surface area contributed by atoms with Crippen LogP contribution in [0.2, 0.25) is 0 Å². The summed E-state index contributed by atoms with van der Waals surface area (Å²) in [5, 5.41) is 18.5. The molecule has 0 fully saturated rings. The van der Waals surface area contributed by atoms with Crippen LogP contribution in [0.3, 0.4) is 0 Å². The van der Waals surface area contributed by atoms with Crippen molar-refractivity contribution in [3.63, 3.8) is 0 Å². The van der Waals surface area contributed by atoms with Gasteiger partial charge in [-0.05, 0) is 50.3 Å². The Labute approximate surface area is 170 Å². The van der Waals surface area contributed by atoms with E-state index in [-0.39, 0.29) is 12.2 Å². The molecule has 0 aliphatic rings. The van der Waals surface area contributed by atoms with Crippen molar-refractivity contribution in [2.24, 2.45) is 0 Å². The molecule has 3 aromatic rings. The van der Waals surface area contributed by atoms with Gasteiger partial charge in [-0.25, -0.2) is 9.78 Å². The summed E-state index contributed by atoms with van der Waals surface area (Å²) in [6.45, 7) is 2.74. The molecule has 2 heterocycles. The minimum absolute atomic E-state index is 0.164. The number of pyridine rings is 1. The number of aliphatic hydroxyl groups is 1. The highest BCUT2D eigenvalue weighted by atomic mass is 16.4. The number of aromatic carboxylic acids is 1. The summed E-state index contributed by atoms with van der Waals surface area (Å²) in [4.78, 5) is 20.1. The first kappa shape index (κ1) is 20.7. The Morgan fingerprint density at radius 1 is 1.03 bits per heavy atom. The van der Waals surface area contributed by atoms with E-state index in [0.717, 1.165) is 43.7 Å². The molecule has 0 saturated carbocycles. The van der Waals surface area contributed by atoms with Crippen LogP contribution in [0.4, 0.5) is 0 Å². The highest BCUT2D eigenvalue weighted by molar-refractivity contribution is 5.87. The summed E-state index contributed by atoms with van der Waals surface area (Å²) in [6.07, 6.45) is 6.25. The van der Waals surface area contributed by atoms with Crippen LogP contribution in [0.25, 0.3) is 0 Å². The maximum atomic E-state index is 11.2. The molecule has 6 nitrogen and oxygen atoms in total. The molecule has 0 unspecified atom stereocenters. The van der Waals surface area contributed by atoms with Crippen LogP contribution in [0.15, 0.2) is 48.7 Å². The quantitative estimate of drug-likeness (QED) is 0.550. The van der Waals surface area contributed by atoms with Crippen LogP contribution in [0, 0.1) is 6.92 Å². The van der Waals surface area contributed by atoms with Crippen molar-refractivity contribution in [2.45, 2.75) is 52.2 Å². The maximum Gasteiger partial charge on any atom is 0.335 e. The van der Waals surface area contributed by atoms with E-state index in [1.807, 2.05) is 12.3 Å². The van der Waals surface area contributed by atoms with Crippen molar-refractivity contribution in [1.29, 1.82) is 0 Å². The summed E-state index contributed by atoms with van der Waals surface area (Å²) >= 11 is 0. The molecule has 2 N–H and O–H groups in total. The van der Waals surface area contributed by atoms with E-state index < -0.39 is 5.97 Å². The predicted octanol–water partition coefficient (Wildman–Crippen LogP) is 3.59. The van der Waals surface area contributed by atoms with Crippen molar-refractivity contribution in [3.8, 4) is 0 Å². The van der Waals surface area contributed by atoms with E-state index in [0.29, 0.717) is 17.8 Å². The number of carboxylic acids is 1. The number of hydrogen-bond acceptors (Lipinski definition) is 4. The number of aliphatic hydroxyl groups excluding tert-OH is 1. The van der Waals surface area contributed by atoms with Gasteiger partial charge in [-0.2, -0.15) is 0 Å². The normalized spacial score (nSPS) is 11.0. The second-order valence-electron chi connectivity index (χ2n) is 7.21. The van der Waals surface area contributed by atoms with Crippen molar-refractivity contribution in [1.82, 2.24) is 14.5 Å². The van der Waals surface area contributed by atoms with Gasteiger partial charge in [0.1, 0.15) is 5.82 Å². The largest absolute Gasteiger partial charge is 0.478 e. The number of aromatic nitrogens is 3. The second-order valence-corrected chi connectivity index (χ2v) is 7.21. The highest BCUT2D eigenvalue weighted by Crippen LogP contribution is 2.13. The number of benzene rings is 1. The Morgan fingerprint density at radius 2 is 1.79 bits per heavy atom. The third-order valence-corrected chi connectivity index (χ3v) is 5.00. The van der Waals surface area contributed by atoms with Gasteiger partial charge in [0, 0.05) is 30.6 Å². The van der Waals surface area contributed by atoms with Crippen LogP contribution < -0.4 is 0 Å². The molecule has 0 radical (unpaired) electrons. The molecule has 0 amide bonds. The number of aryl methyl sites for hydroxylation is 4. The average molecular weight is 393 g/mol. The van der Waals surface area contributed by atoms with Gasteiger partial charge in [0.15, 0.2) is 0 Å². The Balaban J connectivity index is 1.57. The fourth-order valence-corrected chi connectivity index (χ4v) is 3.51. The molecule has 0 saturated heterocycles. The lowest BCUT2D eigenvalue weighted by atomic mass is 10.1. The predicted molar refractivity (Wildman–Crippen MR) is 111 cm³/mol. The molecule has 1 aromatic carbocycles. The van der Waals surface area contributed by atoms with Gasteiger partial charge in [-0.1, -0.05) is 30.3 Å². The molecule has 0 aliphatic heterocycles. The van der Waals surface area contributed by atoms with E-state index in [2.05, 4.69) is 45.7 Å². The summed E-state index contributed by atoms with van der Waals surface area (Å²) in [7, 11) is 0. The zero-order valence-corrected chi connectivity index (χ0v) is 16.7. The Hall–Kier alpha value is -2.99. The third-order valence-electron chi connectivity index (χ3n) is 5.00. The monoisotopic (exact) mass is 393 g/mol. The van der Waals surface area contributed by atoms with Crippen molar-refractivity contribution in [2.75, 3.05) is 0 Å². The Kier molecular flexibility index (Phi) is 7.14. The molecular weight excluding hydrogens is 366 g/mol. The zero-order chi connectivity index (χ0) is 20.6. The van der Waals surface area contributed by atoms with E-state index in [1.165, 1.54) is 11.6 Å². The number of nitrogens with zero attached hydrogens (tertiary/aromatic N) is 3. The first-order chi connectivity index (χ1) is 14.1. The first-order valence-electron chi connectivity index (χ1n) is 9.95. The van der Waals surface area contributed by atoms with Crippen LogP contribution in [0.5, 0.6) is 0 Å². The standard InChI is InChI=1S/C23H27N3O3/c1-17-15-24-22(26(17)12-6-9-18-7-3-2-4-8-18)11-5-10-20-13-19(23(28)29)14-21(16-27)25-20/h2-4,7-8,13-15,27H,5-6,9-12,16H2,1H3,(H,28,29). The number of rotatable bonds is 10.